The highest BCUT2D eigenvalue weighted by molar-refractivity contribution is 5.17. The first-order valence-electron chi connectivity index (χ1n) is 7.21. The SMILES string of the molecule is CCOC1(C(O)c2cccnc2)CCC(C)(C)CC1. The molecule has 0 spiro atoms. The zero-order valence-corrected chi connectivity index (χ0v) is 12.2. The summed E-state index contributed by atoms with van der Waals surface area (Å²) in [7, 11) is 0. The van der Waals surface area contributed by atoms with Gasteiger partial charge in [0, 0.05) is 24.6 Å². The van der Waals surface area contributed by atoms with E-state index >= 15 is 0 Å². The number of aromatic nitrogens is 1. The molecular formula is C16H25NO2. The summed E-state index contributed by atoms with van der Waals surface area (Å²) in [5.41, 5.74) is 0.776. The molecule has 3 nitrogen and oxygen atoms in total. The van der Waals surface area contributed by atoms with Crippen LogP contribution in [0.25, 0.3) is 0 Å². The van der Waals surface area contributed by atoms with Crippen molar-refractivity contribution in [1.82, 2.24) is 4.98 Å². The van der Waals surface area contributed by atoms with Crippen LogP contribution in [0.15, 0.2) is 24.5 Å². The van der Waals surface area contributed by atoms with Crippen LogP contribution >= 0.6 is 0 Å². The minimum absolute atomic E-state index is 0.356. The van der Waals surface area contributed by atoms with Gasteiger partial charge < -0.3 is 9.84 Å². The van der Waals surface area contributed by atoms with E-state index in [2.05, 4.69) is 18.8 Å². The summed E-state index contributed by atoms with van der Waals surface area (Å²) in [5.74, 6) is 0. The lowest BCUT2D eigenvalue weighted by Crippen LogP contribution is -2.44. The number of hydrogen-bond donors (Lipinski definition) is 1. The number of aliphatic hydroxyl groups is 1. The second-order valence-corrected chi connectivity index (χ2v) is 6.35. The van der Waals surface area contributed by atoms with Crippen molar-refractivity contribution >= 4 is 0 Å². The molecule has 1 fully saturated rings. The molecule has 0 aliphatic heterocycles. The van der Waals surface area contributed by atoms with Gasteiger partial charge in [-0.15, -0.1) is 0 Å². The molecular weight excluding hydrogens is 238 g/mol. The first-order chi connectivity index (χ1) is 8.99. The van der Waals surface area contributed by atoms with Gasteiger partial charge in [0.05, 0.1) is 5.60 Å². The smallest absolute Gasteiger partial charge is 0.109 e. The maximum Gasteiger partial charge on any atom is 0.109 e. The van der Waals surface area contributed by atoms with Crippen LogP contribution in [0, 0.1) is 5.41 Å². The molecule has 1 aromatic heterocycles. The van der Waals surface area contributed by atoms with Gasteiger partial charge in [0.2, 0.25) is 0 Å². The average Bonchev–Trinajstić information content (AvgIpc) is 2.42. The topological polar surface area (TPSA) is 42.4 Å². The summed E-state index contributed by atoms with van der Waals surface area (Å²) in [6, 6.07) is 3.79. The molecule has 0 aromatic carbocycles. The Kier molecular flexibility index (Phi) is 4.26. The van der Waals surface area contributed by atoms with Crippen molar-refractivity contribution in [2.24, 2.45) is 5.41 Å². The molecule has 106 valence electrons. The summed E-state index contributed by atoms with van der Waals surface area (Å²) < 4.78 is 6.00. The van der Waals surface area contributed by atoms with E-state index in [9.17, 15) is 5.11 Å². The Labute approximate surface area is 116 Å². The highest BCUT2D eigenvalue weighted by Crippen LogP contribution is 2.47. The lowest BCUT2D eigenvalue weighted by Gasteiger charge is -2.45. The zero-order valence-electron chi connectivity index (χ0n) is 12.2. The van der Waals surface area contributed by atoms with Gasteiger partial charge in [0.15, 0.2) is 0 Å². The van der Waals surface area contributed by atoms with Crippen molar-refractivity contribution in [3.63, 3.8) is 0 Å². The first-order valence-corrected chi connectivity index (χ1v) is 7.21. The normalized spacial score (nSPS) is 22.9. The monoisotopic (exact) mass is 263 g/mol. The third-order valence-corrected chi connectivity index (χ3v) is 4.38. The quantitative estimate of drug-likeness (QED) is 0.904. The summed E-state index contributed by atoms with van der Waals surface area (Å²) >= 11 is 0. The molecule has 1 unspecified atom stereocenters. The van der Waals surface area contributed by atoms with Gasteiger partial charge in [-0.3, -0.25) is 4.98 Å². The van der Waals surface area contributed by atoms with Crippen molar-refractivity contribution in [2.45, 2.75) is 58.2 Å². The highest BCUT2D eigenvalue weighted by Gasteiger charge is 2.44. The van der Waals surface area contributed by atoms with E-state index in [0.29, 0.717) is 12.0 Å². The van der Waals surface area contributed by atoms with Crippen LogP contribution in [0.1, 0.15) is 58.1 Å². The predicted molar refractivity (Wildman–Crippen MR) is 75.8 cm³/mol. The fourth-order valence-corrected chi connectivity index (χ4v) is 2.98. The predicted octanol–water partition coefficient (Wildman–Crippen LogP) is 3.49. The Hall–Kier alpha value is -0.930. The van der Waals surface area contributed by atoms with Crippen LogP contribution in [0.5, 0.6) is 0 Å². The fraction of sp³-hybridized carbons (Fsp3) is 0.688. The van der Waals surface area contributed by atoms with Crippen LogP contribution in [0.3, 0.4) is 0 Å². The van der Waals surface area contributed by atoms with Gasteiger partial charge in [-0.2, -0.15) is 0 Å². The Bertz CT molecular complexity index is 392. The number of ether oxygens (including phenoxy) is 1. The summed E-state index contributed by atoms with van der Waals surface area (Å²) in [6.07, 6.45) is 6.87. The molecule has 1 aliphatic rings. The molecule has 1 atom stereocenters. The lowest BCUT2D eigenvalue weighted by atomic mass is 9.68. The minimum atomic E-state index is -0.586. The van der Waals surface area contributed by atoms with E-state index in [0.717, 1.165) is 31.2 Å². The van der Waals surface area contributed by atoms with Crippen LogP contribution in [-0.4, -0.2) is 22.3 Å². The van der Waals surface area contributed by atoms with Crippen LogP contribution in [-0.2, 0) is 4.74 Å². The number of hydrogen-bond acceptors (Lipinski definition) is 3. The van der Waals surface area contributed by atoms with Crippen LogP contribution in [0.2, 0.25) is 0 Å². The molecule has 3 heteroatoms. The summed E-state index contributed by atoms with van der Waals surface area (Å²) in [6.45, 7) is 7.22. The zero-order chi connectivity index (χ0) is 13.9. The molecule has 1 heterocycles. The van der Waals surface area contributed by atoms with Gasteiger partial charge in [-0.1, -0.05) is 19.9 Å². The van der Waals surface area contributed by atoms with Crippen molar-refractivity contribution in [3.8, 4) is 0 Å². The molecule has 1 aliphatic carbocycles. The Balaban J connectivity index is 2.20. The second-order valence-electron chi connectivity index (χ2n) is 6.35. The molecule has 2 rings (SSSR count). The van der Waals surface area contributed by atoms with E-state index in [-0.39, 0.29) is 0 Å². The molecule has 0 amide bonds. The number of rotatable bonds is 4. The molecule has 0 radical (unpaired) electrons. The minimum Gasteiger partial charge on any atom is -0.385 e. The van der Waals surface area contributed by atoms with Gasteiger partial charge in [-0.25, -0.2) is 0 Å². The summed E-state index contributed by atoms with van der Waals surface area (Å²) in [5, 5.41) is 10.7. The lowest BCUT2D eigenvalue weighted by molar-refractivity contribution is -0.153. The largest absolute Gasteiger partial charge is 0.385 e. The van der Waals surface area contributed by atoms with Gasteiger partial charge in [0.25, 0.3) is 0 Å². The number of pyridine rings is 1. The van der Waals surface area contributed by atoms with Gasteiger partial charge in [0.1, 0.15) is 6.10 Å². The van der Waals surface area contributed by atoms with Crippen molar-refractivity contribution in [2.75, 3.05) is 6.61 Å². The van der Waals surface area contributed by atoms with Gasteiger partial charge >= 0.3 is 0 Å². The van der Waals surface area contributed by atoms with Crippen LogP contribution < -0.4 is 0 Å². The Morgan fingerprint density at radius 1 is 1.32 bits per heavy atom. The Morgan fingerprint density at radius 3 is 2.53 bits per heavy atom. The number of nitrogens with zero attached hydrogens (tertiary/aromatic N) is 1. The van der Waals surface area contributed by atoms with E-state index < -0.39 is 11.7 Å². The molecule has 0 bridgehead atoms. The molecule has 1 saturated carbocycles. The molecule has 19 heavy (non-hydrogen) atoms. The van der Waals surface area contributed by atoms with E-state index in [4.69, 9.17) is 4.74 Å². The van der Waals surface area contributed by atoms with Crippen molar-refractivity contribution in [3.05, 3.63) is 30.1 Å². The van der Waals surface area contributed by atoms with E-state index in [1.165, 1.54) is 0 Å². The Morgan fingerprint density at radius 2 is 2.00 bits per heavy atom. The molecule has 1 aromatic rings. The maximum atomic E-state index is 10.7. The van der Waals surface area contributed by atoms with Crippen molar-refractivity contribution < 1.29 is 9.84 Å². The summed E-state index contributed by atoms with van der Waals surface area (Å²) in [4.78, 5) is 4.10. The standard InChI is InChI=1S/C16H25NO2/c1-4-19-16(9-7-15(2,3)8-10-16)14(18)13-6-5-11-17-12-13/h5-6,11-12,14,18H,4,7-10H2,1-3H3. The third-order valence-electron chi connectivity index (χ3n) is 4.38. The average molecular weight is 263 g/mol. The van der Waals surface area contributed by atoms with E-state index in [1.54, 1.807) is 12.4 Å². The number of aliphatic hydroxyl groups excluding tert-OH is 1. The van der Waals surface area contributed by atoms with Gasteiger partial charge in [-0.05, 0) is 44.1 Å². The second kappa shape index (κ2) is 5.59. The highest BCUT2D eigenvalue weighted by atomic mass is 16.5. The first kappa shape index (κ1) is 14.5. The van der Waals surface area contributed by atoms with Crippen molar-refractivity contribution in [1.29, 1.82) is 0 Å². The third kappa shape index (κ3) is 3.15. The molecule has 0 saturated heterocycles. The molecule has 1 N–H and O–H groups in total. The van der Waals surface area contributed by atoms with E-state index in [1.807, 2.05) is 19.1 Å². The fourth-order valence-electron chi connectivity index (χ4n) is 2.98. The van der Waals surface area contributed by atoms with Crippen LogP contribution in [0.4, 0.5) is 0 Å². The maximum absolute atomic E-state index is 10.7.